The third kappa shape index (κ3) is 3.66. The van der Waals surface area contributed by atoms with E-state index in [0.29, 0.717) is 19.8 Å². The maximum absolute atomic E-state index is 14.0. The van der Waals surface area contributed by atoms with E-state index in [4.69, 9.17) is 22.1 Å². The Labute approximate surface area is 128 Å². The number of nitrogens with two attached hydrogens (primary N) is 1. The molecule has 21 heavy (non-hydrogen) atoms. The molecule has 0 unspecified atom stereocenters. The normalized spacial score (nSPS) is 17.3. The molecule has 0 atom stereocenters. The summed E-state index contributed by atoms with van der Waals surface area (Å²) >= 11 is 5.67. The van der Waals surface area contributed by atoms with E-state index < -0.39 is 20.7 Å². The Morgan fingerprint density at radius 1 is 1.43 bits per heavy atom. The minimum atomic E-state index is -3.96. The lowest BCUT2D eigenvalue weighted by molar-refractivity contribution is 0.0620. The number of nitrogens with zero attached hydrogens (tertiary/aromatic N) is 1. The molecule has 1 heterocycles. The molecule has 0 amide bonds. The molecule has 1 saturated heterocycles. The maximum atomic E-state index is 14.0. The highest BCUT2D eigenvalue weighted by atomic mass is 35.5. The molecule has 0 radical (unpaired) electrons. The number of ether oxygens (including phenoxy) is 1. The number of nitrogen functional groups attached to an aromatic ring is 1. The molecule has 8 heteroatoms. The van der Waals surface area contributed by atoms with Gasteiger partial charge >= 0.3 is 0 Å². The van der Waals surface area contributed by atoms with Crippen LogP contribution in [0, 0.1) is 11.7 Å². The number of hydrogen-bond acceptors (Lipinski definition) is 4. The number of rotatable bonds is 4. The van der Waals surface area contributed by atoms with Gasteiger partial charge in [-0.25, -0.2) is 17.1 Å². The smallest absolute Gasteiger partial charge is 0.245 e. The van der Waals surface area contributed by atoms with E-state index in [0.717, 1.165) is 23.2 Å². The molecule has 118 valence electrons. The molecule has 0 bridgehead atoms. The highest BCUT2D eigenvalue weighted by Crippen LogP contribution is 2.28. The van der Waals surface area contributed by atoms with Crippen LogP contribution in [-0.4, -0.2) is 39.5 Å². The fourth-order valence-electron chi connectivity index (χ4n) is 2.33. The number of sulfonamides is 1. The van der Waals surface area contributed by atoms with Crippen LogP contribution in [-0.2, 0) is 14.8 Å². The van der Waals surface area contributed by atoms with Gasteiger partial charge in [0.25, 0.3) is 0 Å². The van der Waals surface area contributed by atoms with Crippen LogP contribution >= 0.6 is 11.6 Å². The zero-order valence-corrected chi connectivity index (χ0v) is 13.3. The van der Waals surface area contributed by atoms with Crippen molar-refractivity contribution in [3.8, 4) is 0 Å². The van der Waals surface area contributed by atoms with Crippen LogP contribution in [0.15, 0.2) is 17.0 Å². The molecule has 1 aromatic carbocycles. The minimum Gasteiger partial charge on any atom is -0.399 e. The lowest BCUT2D eigenvalue weighted by Gasteiger charge is -2.27. The van der Waals surface area contributed by atoms with E-state index in [1.807, 2.05) is 0 Å². The van der Waals surface area contributed by atoms with Crippen LogP contribution in [0.25, 0.3) is 0 Å². The highest BCUT2D eigenvalue weighted by molar-refractivity contribution is 7.89. The average molecular weight is 337 g/mol. The molecule has 0 spiro atoms. The van der Waals surface area contributed by atoms with Gasteiger partial charge in [0, 0.05) is 32.5 Å². The monoisotopic (exact) mass is 336 g/mol. The van der Waals surface area contributed by atoms with Crippen LogP contribution in [0.4, 0.5) is 10.1 Å². The van der Waals surface area contributed by atoms with Gasteiger partial charge in [-0.2, -0.15) is 0 Å². The SMILES string of the molecule is CN(CC1CCOCC1)S(=O)(=O)c1cc(N)cc(Cl)c1F. The minimum absolute atomic E-state index is 0.111. The summed E-state index contributed by atoms with van der Waals surface area (Å²) in [7, 11) is -2.53. The predicted octanol–water partition coefficient (Wildman–Crippen LogP) is 2.11. The second-order valence-corrected chi connectivity index (χ2v) is 7.58. The van der Waals surface area contributed by atoms with E-state index in [2.05, 4.69) is 0 Å². The first-order chi connectivity index (χ1) is 9.82. The lowest BCUT2D eigenvalue weighted by Crippen LogP contribution is -2.34. The van der Waals surface area contributed by atoms with Crippen molar-refractivity contribution >= 4 is 27.3 Å². The van der Waals surface area contributed by atoms with Crippen molar-refractivity contribution in [1.29, 1.82) is 0 Å². The fourth-order valence-corrected chi connectivity index (χ4v) is 3.98. The number of hydrogen-bond donors (Lipinski definition) is 1. The van der Waals surface area contributed by atoms with Gasteiger partial charge in [0.15, 0.2) is 5.82 Å². The Morgan fingerprint density at radius 2 is 2.05 bits per heavy atom. The van der Waals surface area contributed by atoms with E-state index in [9.17, 15) is 12.8 Å². The molecule has 0 aliphatic carbocycles. The van der Waals surface area contributed by atoms with Gasteiger partial charge in [-0.3, -0.25) is 0 Å². The van der Waals surface area contributed by atoms with E-state index in [-0.39, 0.29) is 16.6 Å². The molecule has 1 aliphatic heterocycles. The van der Waals surface area contributed by atoms with Crippen molar-refractivity contribution in [3.63, 3.8) is 0 Å². The van der Waals surface area contributed by atoms with Crippen molar-refractivity contribution in [2.24, 2.45) is 5.92 Å². The van der Waals surface area contributed by atoms with Gasteiger partial charge < -0.3 is 10.5 Å². The summed E-state index contributed by atoms with van der Waals surface area (Å²) in [5.74, 6) is -0.761. The summed E-state index contributed by atoms with van der Waals surface area (Å²) in [6, 6.07) is 2.28. The predicted molar refractivity (Wildman–Crippen MR) is 79.2 cm³/mol. The van der Waals surface area contributed by atoms with Crippen LogP contribution in [0.3, 0.4) is 0 Å². The van der Waals surface area contributed by atoms with Crippen molar-refractivity contribution < 1.29 is 17.5 Å². The Kier molecular flexibility index (Phi) is 5.08. The molecule has 2 N–H and O–H groups in total. The lowest BCUT2D eigenvalue weighted by atomic mass is 10.0. The molecule has 5 nitrogen and oxygen atoms in total. The van der Waals surface area contributed by atoms with Crippen LogP contribution in [0.2, 0.25) is 5.02 Å². The standard InChI is InChI=1S/C13H18ClFN2O3S/c1-17(8-9-2-4-20-5-3-9)21(18,19)12-7-10(16)6-11(14)13(12)15/h6-7,9H,2-5,8,16H2,1H3. The first kappa shape index (κ1) is 16.5. The zero-order valence-electron chi connectivity index (χ0n) is 11.7. The van der Waals surface area contributed by atoms with E-state index >= 15 is 0 Å². The summed E-state index contributed by atoms with van der Waals surface area (Å²) in [6.45, 7) is 1.56. The summed E-state index contributed by atoms with van der Waals surface area (Å²) in [5.41, 5.74) is 5.67. The first-order valence-electron chi connectivity index (χ1n) is 6.61. The maximum Gasteiger partial charge on any atom is 0.245 e. The molecule has 1 fully saturated rings. The molecule has 2 rings (SSSR count). The van der Waals surface area contributed by atoms with Crippen molar-refractivity contribution in [3.05, 3.63) is 23.0 Å². The van der Waals surface area contributed by atoms with Gasteiger partial charge in [-0.1, -0.05) is 11.6 Å². The van der Waals surface area contributed by atoms with Crippen molar-refractivity contribution in [2.45, 2.75) is 17.7 Å². The van der Waals surface area contributed by atoms with Crippen molar-refractivity contribution in [2.75, 3.05) is 32.5 Å². The van der Waals surface area contributed by atoms with E-state index in [1.54, 1.807) is 0 Å². The fraction of sp³-hybridized carbons (Fsp3) is 0.538. The van der Waals surface area contributed by atoms with Crippen LogP contribution in [0.5, 0.6) is 0 Å². The quantitative estimate of drug-likeness (QED) is 0.855. The van der Waals surface area contributed by atoms with Crippen molar-refractivity contribution in [1.82, 2.24) is 4.31 Å². The molecular formula is C13H18ClFN2O3S. The Bertz CT molecular complexity index is 618. The number of benzene rings is 1. The summed E-state index contributed by atoms with van der Waals surface area (Å²) in [5, 5.41) is -0.298. The molecule has 0 aromatic heterocycles. The van der Waals surface area contributed by atoms with Gasteiger partial charge in [0.1, 0.15) is 4.90 Å². The van der Waals surface area contributed by atoms with Gasteiger partial charge in [0.05, 0.1) is 5.02 Å². The number of halogens is 2. The molecule has 1 aliphatic rings. The van der Waals surface area contributed by atoms with Crippen LogP contribution < -0.4 is 5.73 Å². The Balaban J connectivity index is 2.24. The van der Waals surface area contributed by atoms with Gasteiger partial charge in [0.2, 0.25) is 10.0 Å². The number of anilines is 1. The summed E-state index contributed by atoms with van der Waals surface area (Å²) < 4.78 is 45.3. The van der Waals surface area contributed by atoms with Gasteiger partial charge in [-0.15, -0.1) is 0 Å². The third-order valence-corrected chi connectivity index (χ3v) is 5.66. The average Bonchev–Trinajstić information content (AvgIpc) is 2.43. The first-order valence-corrected chi connectivity index (χ1v) is 8.42. The summed E-state index contributed by atoms with van der Waals surface area (Å²) in [6.07, 6.45) is 1.58. The largest absolute Gasteiger partial charge is 0.399 e. The zero-order chi connectivity index (χ0) is 15.6. The van der Waals surface area contributed by atoms with E-state index in [1.165, 1.54) is 13.1 Å². The van der Waals surface area contributed by atoms with Gasteiger partial charge in [-0.05, 0) is 30.9 Å². The Hall–Kier alpha value is -0.890. The molecular weight excluding hydrogens is 319 g/mol. The van der Waals surface area contributed by atoms with Crippen LogP contribution in [0.1, 0.15) is 12.8 Å². The second-order valence-electron chi connectivity index (χ2n) is 5.16. The molecule has 1 aromatic rings. The Morgan fingerprint density at radius 3 is 2.67 bits per heavy atom. The topological polar surface area (TPSA) is 72.6 Å². The third-order valence-electron chi connectivity index (χ3n) is 3.56. The highest BCUT2D eigenvalue weighted by Gasteiger charge is 2.28. The second kappa shape index (κ2) is 6.48. The molecule has 0 saturated carbocycles. The summed E-state index contributed by atoms with van der Waals surface area (Å²) in [4.78, 5) is -0.484.